The molecule has 0 radical (unpaired) electrons. The molecule has 4 heterocycles. The summed E-state index contributed by atoms with van der Waals surface area (Å²) < 4.78 is 0. The smallest absolute Gasteiger partial charge is 0.261 e. The molecule has 4 rings (SSSR count). The molecule has 0 aliphatic carbocycles. The third-order valence-electron chi connectivity index (χ3n) is 4.34. The molecule has 0 saturated heterocycles. The fraction of sp³-hybridized carbons (Fsp3) is 0.111. The fourth-order valence-corrected chi connectivity index (χ4v) is 3.22. The van der Waals surface area contributed by atoms with Crippen LogP contribution in [-0.2, 0) is 9.59 Å². The first-order chi connectivity index (χ1) is 11.6. The number of amides is 2. The van der Waals surface area contributed by atoms with Crippen molar-refractivity contribution in [2.75, 3.05) is 14.1 Å². The standard InChI is InChI=1S/C18H14N4O2/c1-21-15(11-3-7-19-8-4-11)13-14(17(21)23)16(22(2)18(13)24)12-5-9-20-10-6-12/h3-10H,1-2H3. The number of fused-ring (bicyclic) bond motifs is 1. The average Bonchev–Trinajstić information content (AvgIpc) is 3.02. The Morgan fingerprint density at radius 3 is 1.33 bits per heavy atom. The summed E-state index contributed by atoms with van der Waals surface area (Å²) in [4.78, 5) is 36.8. The van der Waals surface area contributed by atoms with E-state index >= 15 is 0 Å². The van der Waals surface area contributed by atoms with Crippen molar-refractivity contribution < 1.29 is 9.59 Å². The van der Waals surface area contributed by atoms with Gasteiger partial charge in [0.1, 0.15) is 0 Å². The molecule has 0 saturated carbocycles. The van der Waals surface area contributed by atoms with E-state index < -0.39 is 0 Å². The molecule has 0 atom stereocenters. The molecule has 6 heteroatoms. The summed E-state index contributed by atoms with van der Waals surface area (Å²) in [5.41, 5.74) is 3.73. The maximum atomic E-state index is 12.9. The summed E-state index contributed by atoms with van der Waals surface area (Å²) in [5, 5.41) is 0. The molecular formula is C18H14N4O2. The zero-order valence-electron chi connectivity index (χ0n) is 13.2. The molecule has 2 amide bonds. The zero-order valence-corrected chi connectivity index (χ0v) is 13.2. The topological polar surface area (TPSA) is 66.4 Å². The van der Waals surface area contributed by atoms with Gasteiger partial charge in [0.2, 0.25) is 0 Å². The van der Waals surface area contributed by atoms with Gasteiger partial charge in [0.05, 0.1) is 22.5 Å². The average molecular weight is 318 g/mol. The van der Waals surface area contributed by atoms with Gasteiger partial charge in [-0.2, -0.15) is 0 Å². The van der Waals surface area contributed by atoms with E-state index in [4.69, 9.17) is 0 Å². The van der Waals surface area contributed by atoms with Crippen LogP contribution >= 0.6 is 0 Å². The molecule has 2 aliphatic heterocycles. The van der Waals surface area contributed by atoms with Gasteiger partial charge in [0, 0.05) is 50.0 Å². The van der Waals surface area contributed by atoms with Crippen molar-refractivity contribution >= 4 is 23.2 Å². The maximum absolute atomic E-state index is 12.9. The van der Waals surface area contributed by atoms with Crippen LogP contribution in [0.15, 0.2) is 60.2 Å². The van der Waals surface area contributed by atoms with E-state index in [2.05, 4.69) is 9.97 Å². The quantitative estimate of drug-likeness (QED) is 0.842. The zero-order chi connectivity index (χ0) is 16.8. The highest BCUT2D eigenvalue weighted by Gasteiger charge is 2.46. The van der Waals surface area contributed by atoms with Crippen LogP contribution < -0.4 is 0 Å². The second-order valence-electron chi connectivity index (χ2n) is 5.65. The molecule has 2 aromatic rings. The number of nitrogens with zero attached hydrogens (tertiary/aromatic N) is 4. The number of aromatic nitrogens is 2. The van der Waals surface area contributed by atoms with E-state index in [1.54, 1.807) is 63.1 Å². The molecule has 0 aromatic carbocycles. The molecule has 0 unspecified atom stereocenters. The summed E-state index contributed by atoms with van der Waals surface area (Å²) in [5.74, 6) is -0.359. The molecular weight excluding hydrogens is 304 g/mol. The van der Waals surface area contributed by atoms with Crippen LogP contribution in [0.1, 0.15) is 11.1 Å². The Balaban J connectivity index is 2.01. The van der Waals surface area contributed by atoms with Gasteiger partial charge in [-0.15, -0.1) is 0 Å². The van der Waals surface area contributed by atoms with Crippen LogP contribution in [0.4, 0.5) is 0 Å². The first kappa shape index (κ1) is 14.3. The predicted molar refractivity (Wildman–Crippen MR) is 87.9 cm³/mol. The van der Waals surface area contributed by atoms with E-state index in [9.17, 15) is 9.59 Å². The highest BCUT2D eigenvalue weighted by molar-refractivity contribution is 6.30. The number of hydrogen-bond acceptors (Lipinski definition) is 4. The first-order valence-corrected chi connectivity index (χ1v) is 7.47. The Bertz CT molecular complexity index is 839. The predicted octanol–water partition coefficient (Wildman–Crippen LogP) is 1.54. The first-order valence-electron chi connectivity index (χ1n) is 7.47. The van der Waals surface area contributed by atoms with Crippen molar-refractivity contribution in [1.29, 1.82) is 0 Å². The number of carbonyl (C=O) groups is 2. The van der Waals surface area contributed by atoms with Crippen molar-refractivity contribution in [2.45, 2.75) is 0 Å². The van der Waals surface area contributed by atoms with E-state index in [1.807, 2.05) is 0 Å². The third-order valence-corrected chi connectivity index (χ3v) is 4.34. The van der Waals surface area contributed by atoms with Gasteiger partial charge in [-0.3, -0.25) is 19.6 Å². The number of carbonyl (C=O) groups excluding carboxylic acids is 2. The lowest BCUT2D eigenvalue weighted by atomic mass is 10.0. The fourth-order valence-electron chi connectivity index (χ4n) is 3.22. The van der Waals surface area contributed by atoms with Crippen molar-refractivity contribution in [2.24, 2.45) is 0 Å². The van der Waals surface area contributed by atoms with Gasteiger partial charge in [-0.05, 0) is 24.3 Å². The summed E-state index contributed by atoms with van der Waals surface area (Å²) in [6.07, 6.45) is 6.59. The minimum Gasteiger partial charge on any atom is -0.310 e. The van der Waals surface area contributed by atoms with Crippen molar-refractivity contribution in [3.63, 3.8) is 0 Å². The van der Waals surface area contributed by atoms with Crippen LogP contribution in [0, 0.1) is 0 Å². The van der Waals surface area contributed by atoms with Crippen molar-refractivity contribution in [3.05, 3.63) is 71.3 Å². The molecule has 118 valence electrons. The van der Waals surface area contributed by atoms with E-state index in [0.717, 1.165) is 11.1 Å². The highest BCUT2D eigenvalue weighted by Crippen LogP contribution is 2.44. The number of pyridine rings is 2. The molecule has 24 heavy (non-hydrogen) atoms. The minimum absolute atomic E-state index is 0.179. The van der Waals surface area contributed by atoms with Gasteiger partial charge >= 0.3 is 0 Å². The second-order valence-corrected chi connectivity index (χ2v) is 5.65. The van der Waals surface area contributed by atoms with Crippen LogP contribution in [0.25, 0.3) is 11.4 Å². The van der Waals surface area contributed by atoms with E-state index in [1.165, 1.54) is 9.80 Å². The van der Waals surface area contributed by atoms with Gasteiger partial charge in [-0.1, -0.05) is 0 Å². The molecule has 2 aromatic heterocycles. The summed E-state index contributed by atoms with van der Waals surface area (Å²) in [6.45, 7) is 0. The Morgan fingerprint density at radius 1 is 0.667 bits per heavy atom. The molecule has 6 nitrogen and oxygen atoms in total. The summed E-state index contributed by atoms with van der Waals surface area (Å²) in [7, 11) is 3.38. The maximum Gasteiger partial charge on any atom is 0.261 e. The SMILES string of the molecule is CN1C(=O)C2=C(c3ccncc3)N(C)C(=O)C2=C1c1ccncc1. The van der Waals surface area contributed by atoms with Crippen LogP contribution in [0.5, 0.6) is 0 Å². The molecule has 2 aliphatic rings. The largest absolute Gasteiger partial charge is 0.310 e. The van der Waals surface area contributed by atoms with Crippen LogP contribution in [0.2, 0.25) is 0 Å². The molecule has 0 bridgehead atoms. The lowest BCUT2D eigenvalue weighted by Gasteiger charge is -2.19. The summed E-state index contributed by atoms with van der Waals surface area (Å²) >= 11 is 0. The lowest BCUT2D eigenvalue weighted by Crippen LogP contribution is -2.25. The Kier molecular flexibility index (Phi) is 3.06. The van der Waals surface area contributed by atoms with Crippen LogP contribution in [0.3, 0.4) is 0 Å². The van der Waals surface area contributed by atoms with Crippen molar-refractivity contribution in [3.8, 4) is 0 Å². The summed E-state index contributed by atoms with van der Waals surface area (Å²) in [6, 6.07) is 7.19. The van der Waals surface area contributed by atoms with Crippen LogP contribution in [-0.4, -0.2) is 45.7 Å². The number of rotatable bonds is 2. The monoisotopic (exact) mass is 318 g/mol. The van der Waals surface area contributed by atoms with Crippen molar-refractivity contribution in [1.82, 2.24) is 19.8 Å². The van der Waals surface area contributed by atoms with Gasteiger partial charge in [0.25, 0.3) is 11.8 Å². The van der Waals surface area contributed by atoms with E-state index in [-0.39, 0.29) is 11.8 Å². The third kappa shape index (κ3) is 1.83. The molecule has 0 fully saturated rings. The molecule has 0 N–H and O–H groups in total. The Morgan fingerprint density at radius 2 is 1.00 bits per heavy atom. The Labute approximate surface area is 138 Å². The lowest BCUT2D eigenvalue weighted by molar-refractivity contribution is -0.123. The number of likely N-dealkylation sites (N-methyl/N-ethyl adjacent to an activating group) is 2. The second kappa shape index (κ2) is 5.13. The van der Waals surface area contributed by atoms with Gasteiger partial charge in [0.15, 0.2) is 0 Å². The number of hydrogen-bond donors (Lipinski definition) is 0. The molecule has 0 spiro atoms. The highest BCUT2D eigenvalue weighted by atomic mass is 16.2. The minimum atomic E-state index is -0.179. The normalized spacial score (nSPS) is 17.2. The van der Waals surface area contributed by atoms with E-state index in [0.29, 0.717) is 22.5 Å². The Hall–Kier alpha value is -3.28. The van der Waals surface area contributed by atoms with Gasteiger partial charge < -0.3 is 9.80 Å². The van der Waals surface area contributed by atoms with Gasteiger partial charge in [-0.25, -0.2) is 0 Å².